The van der Waals surface area contributed by atoms with Gasteiger partial charge < -0.3 is 11.1 Å². The van der Waals surface area contributed by atoms with Gasteiger partial charge in [0.05, 0.1) is 12.2 Å². The third-order valence-corrected chi connectivity index (χ3v) is 4.22. The van der Waals surface area contributed by atoms with Crippen molar-refractivity contribution in [1.82, 2.24) is 15.1 Å². The Balaban J connectivity index is 2.33. The average molecular weight is 300 g/mol. The molecule has 22 heavy (non-hydrogen) atoms. The number of anilines is 1. The van der Waals surface area contributed by atoms with E-state index < -0.39 is 0 Å². The van der Waals surface area contributed by atoms with Gasteiger partial charge in [-0.2, -0.15) is 5.10 Å². The highest BCUT2D eigenvalue weighted by Gasteiger charge is 2.16. The lowest BCUT2D eigenvalue weighted by Crippen LogP contribution is -2.28. The van der Waals surface area contributed by atoms with Crippen LogP contribution >= 0.6 is 0 Å². The maximum atomic E-state index is 5.78. The van der Waals surface area contributed by atoms with Gasteiger partial charge in [0.1, 0.15) is 0 Å². The van der Waals surface area contributed by atoms with E-state index >= 15 is 0 Å². The molecular formula is C18H28N4. The Morgan fingerprint density at radius 2 is 1.86 bits per heavy atom. The lowest BCUT2D eigenvalue weighted by atomic mass is 10.0. The summed E-state index contributed by atoms with van der Waals surface area (Å²) < 4.78 is 2.19. The summed E-state index contributed by atoms with van der Waals surface area (Å²) in [6, 6.07) is 8.59. The van der Waals surface area contributed by atoms with Crippen LogP contribution in [-0.4, -0.2) is 22.9 Å². The highest BCUT2D eigenvalue weighted by Crippen LogP contribution is 2.21. The molecular weight excluding hydrogens is 272 g/mol. The summed E-state index contributed by atoms with van der Waals surface area (Å²) in [7, 11) is 2.00. The number of nitrogen functional groups attached to an aromatic ring is 1. The van der Waals surface area contributed by atoms with Crippen molar-refractivity contribution in [2.45, 2.75) is 52.6 Å². The zero-order valence-electron chi connectivity index (χ0n) is 14.2. The number of hydrogen-bond donors (Lipinski definition) is 2. The van der Waals surface area contributed by atoms with Gasteiger partial charge in [0.25, 0.3) is 0 Å². The standard InChI is InChI=1S/C18H28N4/c1-5-17-16(11-14-7-9-15(19)10-8-14)18(6-2)22(21-17)12-13(3)20-4/h7-10,13,20H,5-6,11-12,19H2,1-4H3/t13-/m0/s1. The summed E-state index contributed by atoms with van der Waals surface area (Å²) in [4.78, 5) is 0. The van der Waals surface area contributed by atoms with E-state index in [4.69, 9.17) is 10.8 Å². The van der Waals surface area contributed by atoms with E-state index in [1.165, 1.54) is 22.5 Å². The van der Waals surface area contributed by atoms with Crippen LogP contribution in [0.15, 0.2) is 24.3 Å². The Morgan fingerprint density at radius 3 is 2.41 bits per heavy atom. The second-order valence-electron chi connectivity index (χ2n) is 5.87. The molecule has 4 nitrogen and oxygen atoms in total. The Hall–Kier alpha value is -1.81. The number of benzene rings is 1. The van der Waals surface area contributed by atoms with Crippen molar-refractivity contribution >= 4 is 5.69 Å². The van der Waals surface area contributed by atoms with E-state index in [1.807, 2.05) is 19.2 Å². The molecule has 0 bridgehead atoms. The number of hydrogen-bond acceptors (Lipinski definition) is 3. The van der Waals surface area contributed by atoms with Crippen molar-refractivity contribution in [3.05, 3.63) is 46.8 Å². The van der Waals surface area contributed by atoms with Crippen LogP contribution in [0.5, 0.6) is 0 Å². The molecule has 1 aromatic heterocycles. The Labute approximate surface area is 133 Å². The summed E-state index contributed by atoms with van der Waals surface area (Å²) >= 11 is 0. The molecule has 120 valence electrons. The maximum absolute atomic E-state index is 5.78. The summed E-state index contributed by atoms with van der Waals surface area (Å²) in [6.45, 7) is 7.49. The zero-order chi connectivity index (χ0) is 16.1. The molecule has 1 atom stereocenters. The number of aryl methyl sites for hydroxylation is 1. The van der Waals surface area contributed by atoms with Gasteiger partial charge in [-0.1, -0.05) is 26.0 Å². The minimum absolute atomic E-state index is 0.416. The molecule has 0 amide bonds. The molecule has 0 saturated heterocycles. The first kappa shape index (κ1) is 16.6. The molecule has 4 heteroatoms. The topological polar surface area (TPSA) is 55.9 Å². The minimum Gasteiger partial charge on any atom is -0.399 e. The van der Waals surface area contributed by atoms with Gasteiger partial charge in [0, 0.05) is 29.4 Å². The van der Waals surface area contributed by atoms with Gasteiger partial charge in [0.2, 0.25) is 0 Å². The molecule has 0 aliphatic rings. The number of nitrogens with zero attached hydrogens (tertiary/aromatic N) is 2. The van der Waals surface area contributed by atoms with Crippen LogP contribution in [0.4, 0.5) is 5.69 Å². The molecule has 0 radical (unpaired) electrons. The average Bonchev–Trinajstić information content (AvgIpc) is 2.85. The van der Waals surface area contributed by atoms with E-state index in [9.17, 15) is 0 Å². The first-order valence-corrected chi connectivity index (χ1v) is 8.18. The second-order valence-corrected chi connectivity index (χ2v) is 5.87. The van der Waals surface area contributed by atoms with Gasteiger partial charge >= 0.3 is 0 Å². The van der Waals surface area contributed by atoms with Crippen molar-refractivity contribution in [2.75, 3.05) is 12.8 Å². The first-order chi connectivity index (χ1) is 10.6. The largest absolute Gasteiger partial charge is 0.399 e. The summed E-state index contributed by atoms with van der Waals surface area (Å²) in [5.74, 6) is 0. The zero-order valence-corrected chi connectivity index (χ0v) is 14.2. The van der Waals surface area contributed by atoms with Gasteiger partial charge in [-0.25, -0.2) is 0 Å². The van der Waals surface area contributed by atoms with Crippen molar-refractivity contribution in [1.29, 1.82) is 0 Å². The molecule has 0 unspecified atom stereocenters. The predicted octanol–water partition coefficient (Wildman–Crippen LogP) is 2.79. The van der Waals surface area contributed by atoms with E-state index in [0.717, 1.165) is 31.5 Å². The number of nitrogens with one attached hydrogen (secondary N) is 1. The van der Waals surface area contributed by atoms with Crippen LogP contribution in [0.2, 0.25) is 0 Å². The van der Waals surface area contributed by atoms with E-state index in [-0.39, 0.29) is 0 Å². The van der Waals surface area contributed by atoms with Gasteiger partial charge in [-0.05, 0) is 44.5 Å². The molecule has 0 aliphatic carbocycles. The number of rotatable bonds is 7. The quantitative estimate of drug-likeness (QED) is 0.773. The highest BCUT2D eigenvalue weighted by molar-refractivity contribution is 5.41. The highest BCUT2D eigenvalue weighted by atomic mass is 15.3. The second kappa shape index (κ2) is 7.45. The molecule has 0 saturated carbocycles. The molecule has 0 spiro atoms. The van der Waals surface area contributed by atoms with E-state index in [0.29, 0.717) is 6.04 Å². The van der Waals surface area contributed by atoms with Crippen LogP contribution < -0.4 is 11.1 Å². The molecule has 0 fully saturated rings. The predicted molar refractivity (Wildman–Crippen MR) is 93.2 cm³/mol. The van der Waals surface area contributed by atoms with Crippen LogP contribution in [-0.2, 0) is 25.8 Å². The summed E-state index contributed by atoms with van der Waals surface area (Å²) in [5, 5.41) is 8.15. The van der Waals surface area contributed by atoms with Gasteiger partial charge in [-0.15, -0.1) is 0 Å². The van der Waals surface area contributed by atoms with Crippen molar-refractivity contribution in [2.24, 2.45) is 0 Å². The van der Waals surface area contributed by atoms with Gasteiger partial charge in [0.15, 0.2) is 0 Å². The third kappa shape index (κ3) is 3.69. The van der Waals surface area contributed by atoms with Crippen LogP contribution in [0.25, 0.3) is 0 Å². The summed E-state index contributed by atoms with van der Waals surface area (Å²) in [5.41, 5.74) is 11.9. The maximum Gasteiger partial charge on any atom is 0.0660 e. The van der Waals surface area contributed by atoms with Crippen molar-refractivity contribution < 1.29 is 0 Å². The molecule has 3 N–H and O–H groups in total. The lowest BCUT2D eigenvalue weighted by molar-refractivity contribution is 0.467. The van der Waals surface area contributed by atoms with Crippen molar-refractivity contribution in [3.8, 4) is 0 Å². The normalized spacial score (nSPS) is 12.5. The van der Waals surface area contributed by atoms with E-state index in [2.05, 4.69) is 42.9 Å². The van der Waals surface area contributed by atoms with Crippen LogP contribution in [0.3, 0.4) is 0 Å². The third-order valence-electron chi connectivity index (χ3n) is 4.22. The number of aromatic nitrogens is 2. The molecule has 2 rings (SSSR count). The molecule has 1 heterocycles. The lowest BCUT2D eigenvalue weighted by Gasteiger charge is -2.13. The van der Waals surface area contributed by atoms with Crippen LogP contribution in [0.1, 0.15) is 43.3 Å². The Bertz CT molecular complexity index is 598. The SMILES string of the molecule is CCc1nn(C[C@H](C)NC)c(CC)c1Cc1ccc(N)cc1. The van der Waals surface area contributed by atoms with Crippen molar-refractivity contribution in [3.63, 3.8) is 0 Å². The first-order valence-electron chi connectivity index (χ1n) is 8.18. The summed E-state index contributed by atoms with van der Waals surface area (Å²) in [6.07, 6.45) is 2.91. The fourth-order valence-electron chi connectivity index (χ4n) is 2.81. The minimum atomic E-state index is 0.416. The molecule has 0 aliphatic heterocycles. The number of likely N-dealkylation sites (N-methyl/N-ethyl adjacent to an activating group) is 1. The van der Waals surface area contributed by atoms with Crippen LogP contribution in [0, 0.1) is 0 Å². The van der Waals surface area contributed by atoms with Gasteiger partial charge in [-0.3, -0.25) is 4.68 Å². The molecule has 1 aromatic carbocycles. The Morgan fingerprint density at radius 1 is 1.18 bits per heavy atom. The fourth-order valence-corrected chi connectivity index (χ4v) is 2.81. The Kier molecular flexibility index (Phi) is 5.61. The molecule has 2 aromatic rings. The number of nitrogens with two attached hydrogens (primary N) is 1. The monoisotopic (exact) mass is 300 g/mol. The fraction of sp³-hybridized carbons (Fsp3) is 0.500. The van der Waals surface area contributed by atoms with E-state index in [1.54, 1.807) is 0 Å². The smallest absolute Gasteiger partial charge is 0.0660 e.